The van der Waals surface area contributed by atoms with Crippen molar-refractivity contribution < 1.29 is 14.3 Å². The van der Waals surface area contributed by atoms with Gasteiger partial charge in [0.2, 0.25) is 0 Å². The van der Waals surface area contributed by atoms with Crippen molar-refractivity contribution in [2.45, 2.75) is 32.2 Å². The van der Waals surface area contributed by atoms with Crippen molar-refractivity contribution >= 4 is 21.8 Å². The van der Waals surface area contributed by atoms with Crippen molar-refractivity contribution in [2.75, 3.05) is 6.61 Å². The van der Waals surface area contributed by atoms with Gasteiger partial charge in [0, 0.05) is 12.1 Å². The molecule has 0 saturated carbocycles. The summed E-state index contributed by atoms with van der Waals surface area (Å²) in [6, 6.07) is 3.28. The Balaban J connectivity index is 2.69. The molecule has 1 aromatic heterocycles. The average Bonchev–Trinajstić information content (AvgIpc) is 2.65. The fourth-order valence-electron chi connectivity index (χ4n) is 1.35. The monoisotopic (exact) mass is 289 g/mol. The number of amides is 1. The molecule has 0 spiro atoms. The van der Waals surface area contributed by atoms with Crippen molar-refractivity contribution in [3.63, 3.8) is 0 Å². The van der Waals surface area contributed by atoms with Crippen molar-refractivity contribution in [1.29, 1.82) is 0 Å². The second-order valence-electron chi connectivity index (χ2n) is 3.95. The summed E-state index contributed by atoms with van der Waals surface area (Å²) in [7, 11) is 0. The molecule has 1 rings (SSSR count). The summed E-state index contributed by atoms with van der Waals surface area (Å²) in [5.41, 5.74) is -0.398. The zero-order chi connectivity index (χ0) is 12.2. The third-order valence-corrected chi connectivity index (χ3v) is 3.08. The molecule has 0 aromatic carbocycles. The normalized spacial score (nSPS) is 14.5. The fraction of sp³-hybridized carbons (Fsp3) is 0.545. The second-order valence-corrected chi connectivity index (χ2v) is 4.73. The molecule has 90 valence electrons. The first-order valence-corrected chi connectivity index (χ1v) is 5.99. The Bertz CT molecular complexity index is 364. The molecule has 1 atom stereocenters. The summed E-state index contributed by atoms with van der Waals surface area (Å²) in [5, 5.41) is 11.8. The Hall–Kier alpha value is -0.810. The zero-order valence-corrected chi connectivity index (χ0v) is 11.0. The van der Waals surface area contributed by atoms with Crippen molar-refractivity contribution in [1.82, 2.24) is 5.32 Å². The smallest absolute Gasteiger partial charge is 0.287 e. The van der Waals surface area contributed by atoms with Gasteiger partial charge in [0.05, 0.1) is 0 Å². The van der Waals surface area contributed by atoms with Crippen LogP contribution < -0.4 is 5.32 Å². The predicted molar refractivity (Wildman–Crippen MR) is 64.3 cm³/mol. The lowest BCUT2D eigenvalue weighted by molar-refractivity contribution is 0.0856. The van der Waals surface area contributed by atoms with Gasteiger partial charge in [0.15, 0.2) is 10.4 Å². The molecule has 1 unspecified atom stereocenters. The van der Waals surface area contributed by atoms with Gasteiger partial charge in [-0.25, -0.2) is 0 Å². The Morgan fingerprint density at radius 3 is 2.75 bits per heavy atom. The van der Waals surface area contributed by atoms with Gasteiger partial charge in [-0.3, -0.25) is 4.79 Å². The van der Waals surface area contributed by atoms with Crippen LogP contribution in [0, 0.1) is 0 Å². The lowest BCUT2D eigenvalue weighted by atomic mass is 9.95. The maximum atomic E-state index is 11.8. The van der Waals surface area contributed by atoms with E-state index in [2.05, 4.69) is 21.2 Å². The van der Waals surface area contributed by atoms with Crippen LogP contribution in [0.5, 0.6) is 0 Å². The van der Waals surface area contributed by atoms with Crippen LogP contribution in [0.3, 0.4) is 0 Å². The van der Waals surface area contributed by atoms with E-state index in [4.69, 9.17) is 9.52 Å². The van der Waals surface area contributed by atoms with E-state index in [9.17, 15) is 4.79 Å². The Kier molecular flexibility index (Phi) is 4.56. The molecule has 5 heteroatoms. The van der Waals surface area contributed by atoms with E-state index in [-0.39, 0.29) is 18.3 Å². The molecule has 16 heavy (non-hydrogen) atoms. The number of aliphatic hydroxyl groups excluding tert-OH is 1. The summed E-state index contributed by atoms with van der Waals surface area (Å²) in [4.78, 5) is 11.8. The van der Waals surface area contributed by atoms with Crippen LogP contribution in [-0.4, -0.2) is 23.2 Å². The molecule has 0 aliphatic rings. The number of carbonyl (C=O) groups is 1. The molecule has 2 N–H and O–H groups in total. The van der Waals surface area contributed by atoms with E-state index in [0.29, 0.717) is 11.1 Å². The van der Waals surface area contributed by atoms with Crippen LogP contribution in [0.2, 0.25) is 0 Å². The minimum atomic E-state index is -0.398. The third-order valence-electron chi connectivity index (χ3n) is 2.66. The number of halogens is 1. The molecule has 1 amide bonds. The summed E-state index contributed by atoms with van der Waals surface area (Å²) >= 11 is 3.14. The van der Waals surface area contributed by atoms with E-state index in [1.165, 1.54) is 0 Å². The van der Waals surface area contributed by atoms with Gasteiger partial charge < -0.3 is 14.8 Å². The number of rotatable bonds is 5. The molecule has 1 aromatic rings. The number of hydrogen-bond donors (Lipinski definition) is 2. The average molecular weight is 290 g/mol. The molecule has 0 saturated heterocycles. The van der Waals surface area contributed by atoms with Crippen LogP contribution in [0.4, 0.5) is 0 Å². The van der Waals surface area contributed by atoms with Gasteiger partial charge in [-0.05, 0) is 47.8 Å². The van der Waals surface area contributed by atoms with Crippen LogP contribution in [0.15, 0.2) is 21.2 Å². The van der Waals surface area contributed by atoms with Gasteiger partial charge in [-0.15, -0.1) is 0 Å². The molecule has 0 aliphatic heterocycles. The zero-order valence-electron chi connectivity index (χ0n) is 9.42. The van der Waals surface area contributed by atoms with Gasteiger partial charge in [0.1, 0.15) is 0 Å². The second kappa shape index (κ2) is 5.50. The summed E-state index contributed by atoms with van der Waals surface area (Å²) in [6.45, 7) is 3.92. The van der Waals surface area contributed by atoms with Crippen molar-refractivity contribution in [3.05, 3.63) is 22.6 Å². The van der Waals surface area contributed by atoms with Crippen molar-refractivity contribution in [2.24, 2.45) is 0 Å². The minimum Gasteiger partial charge on any atom is -0.444 e. The molecular formula is C11H16BrNO3. The standard InChI is InChI=1S/C11H16BrNO3/c1-3-11(2,6-7-14)13-10(15)8-4-5-9(12)16-8/h4-5,14H,3,6-7H2,1-2H3,(H,13,15). The number of aliphatic hydroxyl groups is 1. The van der Waals surface area contributed by atoms with E-state index >= 15 is 0 Å². The molecular weight excluding hydrogens is 274 g/mol. The lowest BCUT2D eigenvalue weighted by Crippen LogP contribution is -2.46. The number of nitrogens with one attached hydrogen (secondary N) is 1. The highest BCUT2D eigenvalue weighted by Crippen LogP contribution is 2.17. The van der Waals surface area contributed by atoms with Gasteiger partial charge >= 0.3 is 0 Å². The summed E-state index contributed by atoms with van der Waals surface area (Å²) in [6.07, 6.45) is 1.28. The van der Waals surface area contributed by atoms with Crippen LogP contribution in [-0.2, 0) is 0 Å². The Morgan fingerprint density at radius 1 is 1.62 bits per heavy atom. The van der Waals surface area contributed by atoms with E-state index in [1.807, 2.05) is 13.8 Å². The molecule has 0 radical (unpaired) electrons. The molecule has 0 aliphatic carbocycles. The van der Waals surface area contributed by atoms with Crippen LogP contribution >= 0.6 is 15.9 Å². The van der Waals surface area contributed by atoms with E-state index in [0.717, 1.165) is 6.42 Å². The molecule has 0 bridgehead atoms. The molecule has 1 heterocycles. The maximum absolute atomic E-state index is 11.8. The van der Waals surface area contributed by atoms with E-state index in [1.54, 1.807) is 12.1 Å². The Labute approximate surface area is 103 Å². The van der Waals surface area contributed by atoms with Crippen LogP contribution in [0.1, 0.15) is 37.2 Å². The lowest BCUT2D eigenvalue weighted by Gasteiger charge is -2.28. The predicted octanol–water partition coefficient (Wildman–Crippen LogP) is 2.32. The van der Waals surface area contributed by atoms with Crippen LogP contribution in [0.25, 0.3) is 0 Å². The summed E-state index contributed by atoms with van der Waals surface area (Å²) < 4.78 is 5.68. The largest absolute Gasteiger partial charge is 0.444 e. The first-order chi connectivity index (χ1) is 7.50. The van der Waals surface area contributed by atoms with E-state index < -0.39 is 5.54 Å². The highest BCUT2D eigenvalue weighted by Gasteiger charge is 2.25. The number of carbonyl (C=O) groups excluding carboxylic acids is 1. The maximum Gasteiger partial charge on any atom is 0.287 e. The third kappa shape index (κ3) is 3.35. The fourth-order valence-corrected chi connectivity index (χ4v) is 1.65. The van der Waals surface area contributed by atoms with Crippen molar-refractivity contribution in [3.8, 4) is 0 Å². The highest BCUT2D eigenvalue weighted by atomic mass is 79.9. The first-order valence-electron chi connectivity index (χ1n) is 5.19. The SMILES string of the molecule is CCC(C)(CCO)NC(=O)c1ccc(Br)o1. The number of furan rings is 1. The molecule has 4 nitrogen and oxygen atoms in total. The summed E-state index contributed by atoms with van der Waals surface area (Å²) in [5.74, 6) is 0.00740. The highest BCUT2D eigenvalue weighted by molar-refractivity contribution is 9.10. The Morgan fingerprint density at radius 2 is 2.31 bits per heavy atom. The minimum absolute atomic E-state index is 0.0481. The van der Waals surface area contributed by atoms with Gasteiger partial charge in [0.25, 0.3) is 5.91 Å². The first kappa shape index (κ1) is 13.3. The number of hydrogen-bond acceptors (Lipinski definition) is 3. The van der Waals surface area contributed by atoms with Gasteiger partial charge in [-0.2, -0.15) is 0 Å². The molecule has 0 fully saturated rings. The topological polar surface area (TPSA) is 62.5 Å². The quantitative estimate of drug-likeness (QED) is 0.874. The van der Waals surface area contributed by atoms with Gasteiger partial charge in [-0.1, -0.05) is 6.92 Å².